The van der Waals surface area contributed by atoms with Crippen molar-refractivity contribution in [2.24, 2.45) is 0 Å². The van der Waals surface area contributed by atoms with Crippen molar-refractivity contribution < 1.29 is 9.18 Å². The summed E-state index contributed by atoms with van der Waals surface area (Å²) < 4.78 is 13.7. The van der Waals surface area contributed by atoms with E-state index < -0.39 is 11.7 Å². The molecule has 23 heavy (non-hydrogen) atoms. The summed E-state index contributed by atoms with van der Waals surface area (Å²) in [4.78, 5) is 29.3. The molecule has 116 valence electrons. The number of benzene rings is 2. The zero-order valence-corrected chi connectivity index (χ0v) is 12.9. The lowest BCUT2D eigenvalue weighted by Crippen LogP contribution is -2.13. The van der Waals surface area contributed by atoms with Crippen LogP contribution >= 0.6 is 12.2 Å². The van der Waals surface area contributed by atoms with Gasteiger partial charge in [0.25, 0.3) is 11.5 Å². The fourth-order valence-corrected chi connectivity index (χ4v) is 2.39. The molecular formula is C16H12FN3O2S. The molecule has 0 atom stereocenters. The summed E-state index contributed by atoms with van der Waals surface area (Å²) in [5.74, 6) is -0.799. The number of carbonyl (C=O) groups excluding carboxylic acids is 1. The molecule has 3 N–H and O–H groups in total. The molecule has 0 aliphatic heterocycles. The second-order valence-corrected chi connectivity index (χ2v) is 5.49. The first-order chi connectivity index (χ1) is 10.9. The summed E-state index contributed by atoms with van der Waals surface area (Å²) >= 11 is 4.91. The normalized spacial score (nSPS) is 10.7. The van der Waals surface area contributed by atoms with Gasteiger partial charge < -0.3 is 10.3 Å². The molecule has 3 rings (SSSR count). The molecule has 0 saturated heterocycles. The predicted octanol–water partition coefficient (Wildman–Crippen LogP) is 3.29. The van der Waals surface area contributed by atoms with E-state index in [4.69, 9.17) is 12.2 Å². The highest BCUT2D eigenvalue weighted by Crippen LogP contribution is 2.16. The molecule has 0 fully saturated rings. The van der Waals surface area contributed by atoms with Crippen LogP contribution in [0.15, 0.2) is 41.2 Å². The molecule has 0 aliphatic rings. The molecule has 0 aliphatic carbocycles. The van der Waals surface area contributed by atoms with E-state index in [1.54, 1.807) is 19.1 Å². The SMILES string of the molecule is Cc1ccc(NC(=O)c2ccc3c(=O)[nH]c(=S)[nH]c3c2)cc1F. The van der Waals surface area contributed by atoms with Gasteiger partial charge in [0, 0.05) is 11.3 Å². The smallest absolute Gasteiger partial charge is 0.259 e. The number of halogens is 1. The molecular weight excluding hydrogens is 317 g/mol. The Morgan fingerprint density at radius 1 is 1.17 bits per heavy atom. The van der Waals surface area contributed by atoms with Crippen molar-refractivity contribution in [3.63, 3.8) is 0 Å². The molecule has 7 heteroatoms. The Balaban J connectivity index is 1.96. The summed E-state index contributed by atoms with van der Waals surface area (Å²) in [5.41, 5.74) is 1.32. The van der Waals surface area contributed by atoms with Crippen molar-refractivity contribution in [1.82, 2.24) is 9.97 Å². The number of hydrogen-bond donors (Lipinski definition) is 3. The van der Waals surface area contributed by atoms with Crippen molar-refractivity contribution in [2.45, 2.75) is 6.92 Å². The third-order valence-corrected chi connectivity index (χ3v) is 3.64. The monoisotopic (exact) mass is 329 g/mol. The van der Waals surface area contributed by atoms with Gasteiger partial charge in [0.15, 0.2) is 4.77 Å². The molecule has 0 bridgehead atoms. The zero-order valence-electron chi connectivity index (χ0n) is 12.1. The van der Waals surface area contributed by atoms with E-state index >= 15 is 0 Å². The number of aryl methyl sites for hydroxylation is 1. The van der Waals surface area contributed by atoms with Crippen molar-refractivity contribution in [3.8, 4) is 0 Å². The van der Waals surface area contributed by atoms with Gasteiger partial charge in [0.1, 0.15) is 5.82 Å². The molecule has 1 aromatic heterocycles. The van der Waals surface area contributed by atoms with Crippen LogP contribution in [0.25, 0.3) is 10.9 Å². The maximum absolute atomic E-state index is 13.5. The van der Waals surface area contributed by atoms with Crippen LogP contribution in [0.5, 0.6) is 0 Å². The lowest BCUT2D eigenvalue weighted by atomic mass is 10.1. The molecule has 0 unspecified atom stereocenters. The zero-order chi connectivity index (χ0) is 16.6. The number of carbonyl (C=O) groups is 1. The Bertz CT molecular complexity index is 1040. The Labute approximate surface area is 135 Å². The first-order valence-corrected chi connectivity index (χ1v) is 7.19. The highest BCUT2D eigenvalue weighted by atomic mass is 32.1. The lowest BCUT2D eigenvalue weighted by molar-refractivity contribution is 0.102. The number of nitrogens with one attached hydrogen (secondary N) is 3. The van der Waals surface area contributed by atoms with E-state index in [1.807, 2.05) is 0 Å². The number of aromatic amines is 2. The Morgan fingerprint density at radius 2 is 1.96 bits per heavy atom. The standard InChI is InChI=1S/C16H12FN3O2S/c1-8-2-4-10(7-12(8)17)18-14(21)9-3-5-11-13(6-9)19-16(23)20-15(11)22/h2-7H,1H3,(H,18,21)(H2,19,20,22,23). The van der Waals surface area contributed by atoms with Gasteiger partial charge in [0.2, 0.25) is 0 Å². The minimum absolute atomic E-state index is 0.181. The molecule has 3 aromatic rings. The number of amides is 1. The average Bonchev–Trinajstić information content (AvgIpc) is 2.50. The van der Waals surface area contributed by atoms with E-state index in [2.05, 4.69) is 15.3 Å². The molecule has 0 saturated carbocycles. The van der Waals surface area contributed by atoms with Crippen LogP contribution in [0.4, 0.5) is 10.1 Å². The maximum atomic E-state index is 13.5. The molecule has 0 radical (unpaired) electrons. The highest BCUT2D eigenvalue weighted by molar-refractivity contribution is 7.71. The van der Waals surface area contributed by atoms with Crippen LogP contribution < -0.4 is 10.9 Å². The highest BCUT2D eigenvalue weighted by Gasteiger charge is 2.09. The van der Waals surface area contributed by atoms with E-state index in [0.717, 1.165) is 0 Å². The van der Waals surface area contributed by atoms with E-state index in [9.17, 15) is 14.0 Å². The summed E-state index contributed by atoms with van der Waals surface area (Å²) in [5, 5.41) is 3.01. The lowest BCUT2D eigenvalue weighted by Gasteiger charge is -2.07. The maximum Gasteiger partial charge on any atom is 0.259 e. The molecule has 1 heterocycles. The third-order valence-electron chi connectivity index (χ3n) is 3.43. The Morgan fingerprint density at radius 3 is 2.70 bits per heavy atom. The Hall–Kier alpha value is -2.80. The van der Waals surface area contributed by atoms with Crippen LogP contribution in [0.2, 0.25) is 0 Å². The quantitative estimate of drug-likeness (QED) is 0.631. The third kappa shape index (κ3) is 3.04. The number of fused-ring (bicyclic) bond motifs is 1. The number of anilines is 1. The van der Waals surface area contributed by atoms with Gasteiger partial charge in [-0.3, -0.25) is 14.6 Å². The second-order valence-electron chi connectivity index (χ2n) is 5.09. The van der Waals surface area contributed by atoms with Gasteiger partial charge in [-0.05, 0) is 55.0 Å². The van der Waals surface area contributed by atoms with Gasteiger partial charge in [0.05, 0.1) is 10.9 Å². The minimum Gasteiger partial charge on any atom is -0.332 e. The van der Waals surface area contributed by atoms with Crippen molar-refractivity contribution in [2.75, 3.05) is 5.32 Å². The average molecular weight is 329 g/mol. The first-order valence-electron chi connectivity index (χ1n) is 6.78. The summed E-state index contributed by atoms with van der Waals surface area (Å²) in [6.07, 6.45) is 0. The van der Waals surface area contributed by atoms with Gasteiger partial charge in [-0.15, -0.1) is 0 Å². The van der Waals surface area contributed by atoms with E-state index in [0.29, 0.717) is 27.7 Å². The van der Waals surface area contributed by atoms with Crippen molar-refractivity contribution in [3.05, 3.63) is 68.5 Å². The number of aromatic nitrogens is 2. The summed E-state index contributed by atoms with van der Waals surface area (Å²) in [6.45, 7) is 1.64. The van der Waals surface area contributed by atoms with Crippen LogP contribution in [-0.4, -0.2) is 15.9 Å². The Kier molecular flexibility index (Phi) is 3.79. The fraction of sp³-hybridized carbons (Fsp3) is 0.0625. The summed E-state index contributed by atoms with van der Waals surface area (Å²) in [6, 6.07) is 9.04. The topological polar surface area (TPSA) is 77.8 Å². The van der Waals surface area contributed by atoms with E-state index in [-0.39, 0.29) is 10.3 Å². The van der Waals surface area contributed by atoms with Crippen molar-refractivity contribution >= 4 is 34.7 Å². The van der Waals surface area contributed by atoms with E-state index in [1.165, 1.54) is 24.3 Å². The second kappa shape index (κ2) is 5.77. The molecule has 1 amide bonds. The van der Waals surface area contributed by atoms with Gasteiger partial charge in [-0.1, -0.05) is 6.07 Å². The predicted molar refractivity (Wildman–Crippen MR) is 88.8 cm³/mol. The molecule has 2 aromatic carbocycles. The van der Waals surface area contributed by atoms with Crippen LogP contribution in [0.1, 0.15) is 15.9 Å². The minimum atomic E-state index is -0.408. The van der Waals surface area contributed by atoms with Crippen LogP contribution in [0.3, 0.4) is 0 Å². The van der Waals surface area contributed by atoms with Crippen LogP contribution in [-0.2, 0) is 0 Å². The van der Waals surface area contributed by atoms with Gasteiger partial charge >= 0.3 is 0 Å². The largest absolute Gasteiger partial charge is 0.332 e. The number of hydrogen-bond acceptors (Lipinski definition) is 3. The van der Waals surface area contributed by atoms with Gasteiger partial charge in [-0.2, -0.15) is 0 Å². The molecule has 0 spiro atoms. The van der Waals surface area contributed by atoms with Gasteiger partial charge in [-0.25, -0.2) is 4.39 Å². The fourth-order valence-electron chi connectivity index (χ4n) is 2.18. The van der Waals surface area contributed by atoms with Crippen molar-refractivity contribution in [1.29, 1.82) is 0 Å². The first kappa shape index (κ1) is 15.1. The van der Waals surface area contributed by atoms with Crippen LogP contribution in [0, 0.1) is 17.5 Å². The molecule has 5 nitrogen and oxygen atoms in total. The summed E-state index contributed by atoms with van der Waals surface area (Å²) in [7, 11) is 0. The number of H-pyrrole nitrogens is 2. The number of rotatable bonds is 2.